The first-order valence-electron chi connectivity index (χ1n) is 7.89. The Morgan fingerprint density at radius 3 is 2.44 bits per heavy atom. The molecule has 4 rings (SSSR count). The molecule has 1 aliphatic rings. The zero-order valence-electron chi connectivity index (χ0n) is 13.0. The van der Waals surface area contributed by atoms with Crippen molar-refractivity contribution in [3.8, 4) is 5.69 Å². The van der Waals surface area contributed by atoms with Gasteiger partial charge in [-0.15, -0.1) is 0 Å². The van der Waals surface area contributed by atoms with Crippen LogP contribution in [-0.2, 0) is 6.18 Å². The lowest BCUT2D eigenvalue weighted by molar-refractivity contribution is -0.137. The van der Waals surface area contributed by atoms with Gasteiger partial charge in [-0.05, 0) is 43.2 Å². The van der Waals surface area contributed by atoms with Crippen molar-refractivity contribution >= 4 is 16.7 Å². The number of hydrogen-bond acceptors (Lipinski definition) is 3. The number of hydrogen-bond donors (Lipinski definition) is 1. The summed E-state index contributed by atoms with van der Waals surface area (Å²) < 4.78 is 40.7. The van der Waals surface area contributed by atoms with E-state index in [4.69, 9.17) is 0 Å². The van der Waals surface area contributed by atoms with Gasteiger partial charge >= 0.3 is 11.9 Å². The topological polar surface area (TPSA) is 46.9 Å². The molecule has 0 amide bonds. The smallest absolute Gasteiger partial charge is 0.367 e. The van der Waals surface area contributed by atoms with Crippen LogP contribution in [0.15, 0.2) is 53.3 Å². The van der Waals surface area contributed by atoms with Crippen LogP contribution in [0, 0.1) is 0 Å². The standard InChI is InChI=1S/C18H14F3N3O/c19-18(20,21)11-6-9-14-15(10-11)24(13-4-2-1-3-5-13)17(25)23-16(14)22-12-7-8-12/h1-6,9-10,12H,7-8H2,(H,22,23,25). The summed E-state index contributed by atoms with van der Waals surface area (Å²) in [7, 11) is 0. The molecule has 1 aromatic heterocycles. The van der Waals surface area contributed by atoms with Crippen molar-refractivity contribution in [1.29, 1.82) is 0 Å². The van der Waals surface area contributed by atoms with Crippen molar-refractivity contribution in [2.24, 2.45) is 0 Å². The Morgan fingerprint density at radius 1 is 1.08 bits per heavy atom. The van der Waals surface area contributed by atoms with Gasteiger partial charge in [0, 0.05) is 11.4 Å². The highest BCUT2D eigenvalue weighted by Gasteiger charge is 2.31. The molecule has 1 heterocycles. The highest BCUT2D eigenvalue weighted by atomic mass is 19.4. The fourth-order valence-corrected chi connectivity index (χ4v) is 2.76. The van der Waals surface area contributed by atoms with Crippen molar-refractivity contribution in [3.63, 3.8) is 0 Å². The van der Waals surface area contributed by atoms with Crippen LogP contribution in [0.25, 0.3) is 16.6 Å². The second-order valence-electron chi connectivity index (χ2n) is 6.06. The van der Waals surface area contributed by atoms with E-state index < -0.39 is 17.4 Å². The average Bonchev–Trinajstić information content (AvgIpc) is 3.38. The van der Waals surface area contributed by atoms with E-state index in [1.54, 1.807) is 30.3 Å². The van der Waals surface area contributed by atoms with Gasteiger partial charge in [-0.3, -0.25) is 4.57 Å². The fourth-order valence-electron chi connectivity index (χ4n) is 2.76. The lowest BCUT2D eigenvalue weighted by atomic mass is 10.1. The Hall–Kier alpha value is -2.83. The van der Waals surface area contributed by atoms with Gasteiger partial charge in [0.05, 0.1) is 16.8 Å². The number of para-hydroxylation sites is 1. The van der Waals surface area contributed by atoms with Crippen molar-refractivity contribution in [1.82, 2.24) is 9.55 Å². The lowest BCUT2D eigenvalue weighted by Gasteiger charge is -2.15. The van der Waals surface area contributed by atoms with E-state index in [1.807, 2.05) is 0 Å². The average molecular weight is 345 g/mol. The van der Waals surface area contributed by atoms with E-state index >= 15 is 0 Å². The first-order chi connectivity index (χ1) is 11.9. The minimum atomic E-state index is -4.49. The second-order valence-corrected chi connectivity index (χ2v) is 6.06. The predicted molar refractivity (Wildman–Crippen MR) is 89.0 cm³/mol. The summed E-state index contributed by atoms with van der Waals surface area (Å²) in [4.78, 5) is 16.6. The third-order valence-electron chi connectivity index (χ3n) is 4.15. The maximum Gasteiger partial charge on any atom is 0.416 e. The number of fused-ring (bicyclic) bond motifs is 1. The van der Waals surface area contributed by atoms with Gasteiger partial charge in [-0.1, -0.05) is 18.2 Å². The van der Waals surface area contributed by atoms with Crippen LogP contribution in [0.2, 0.25) is 0 Å². The highest BCUT2D eigenvalue weighted by Crippen LogP contribution is 2.34. The Bertz CT molecular complexity index is 992. The number of benzene rings is 2. The molecule has 0 aliphatic heterocycles. The van der Waals surface area contributed by atoms with Gasteiger partial charge in [0.2, 0.25) is 0 Å². The maximum atomic E-state index is 13.2. The second kappa shape index (κ2) is 5.61. The van der Waals surface area contributed by atoms with E-state index in [-0.39, 0.29) is 11.6 Å². The molecule has 1 saturated carbocycles. The van der Waals surface area contributed by atoms with Gasteiger partial charge < -0.3 is 5.32 Å². The zero-order valence-corrected chi connectivity index (χ0v) is 13.0. The molecule has 128 valence electrons. The molecule has 0 atom stereocenters. The molecule has 25 heavy (non-hydrogen) atoms. The molecule has 2 aromatic carbocycles. The summed E-state index contributed by atoms with van der Waals surface area (Å²) in [6, 6.07) is 12.2. The van der Waals surface area contributed by atoms with Crippen LogP contribution in [0.3, 0.4) is 0 Å². The van der Waals surface area contributed by atoms with E-state index in [0.717, 1.165) is 25.0 Å². The van der Waals surface area contributed by atoms with Gasteiger partial charge in [-0.25, -0.2) is 4.79 Å². The molecule has 1 aliphatic carbocycles. The molecule has 7 heteroatoms. The normalized spacial score (nSPS) is 14.7. The van der Waals surface area contributed by atoms with Gasteiger partial charge in [0.15, 0.2) is 0 Å². The summed E-state index contributed by atoms with van der Waals surface area (Å²) in [5.41, 5.74) is -0.750. The van der Waals surface area contributed by atoms with Crippen LogP contribution >= 0.6 is 0 Å². The molecule has 3 aromatic rings. The fraction of sp³-hybridized carbons (Fsp3) is 0.222. The number of alkyl halides is 3. The minimum absolute atomic E-state index is 0.184. The van der Waals surface area contributed by atoms with E-state index in [1.165, 1.54) is 10.6 Å². The molecule has 1 N–H and O–H groups in total. The van der Waals surface area contributed by atoms with Gasteiger partial charge in [0.25, 0.3) is 0 Å². The number of nitrogens with zero attached hydrogens (tertiary/aromatic N) is 2. The van der Waals surface area contributed by atoms with Crippen LogP contribution in [-0.4, -0.2) is 15.6 Å². The SMILES string of the molecule is O=c1nc(NC2CC2)c2ccc(C(F)(F)F)cc2n1-c1ccccc1. The Kier molecular flexibility index (Phi) is 3.52. The molecule has 1 fully saturated rings. The quantitative estimate of drug-likeness (QED) is 0.781. The zero-order chi connectivity index (χ0) is 17.6. The number of aromatic nitrogens is 2. The largest absolute Gasteiger partial charge is 0.416 e. The number of anilines is 1. The third kappa shape index (κ3) is 2.97. The van der Waals surface area contributed by atoms with E-state index in [2.05, 4.69) is 10.3 Å². The molecule has 0 saturated heterocycles. The number of rotatable bonds is 3. The summed E-state index contributed by atoms with van der Waals surface area (Å²) in [6.45, 7) is 0. The molecule has 0 spiro atoms. The summed E-state index contributed by atoms with van der Waals surface area (Å²) in [5.74, 6) is 0.336. The Balaban J connectivity index is 2.02. The molecular weight excluding hydrogens is 331 g/mol. The van der Waals surface area contributed by atoms with Crippen molar-refractivity contribution < 1.29 is 13.2 Å². The van der Waals surface area contributed by atoms with E-state index in [9.17, 15) is 18.0 Å². The Morgan fingerprint density at radius 2 is 1.80 bits per heavy atom. The van der Waals surface area contributed by atoms with Crippen molar-refractivity contribution in [2.45, 2.75) is 25.1 Å². The summed E-state index contributed by atoms with van der Waals surface area (Å²) >= 11 is 0. The predicted octanol–water partition coefficient (Wildman–Crippen LogP) is 3.98. The summed E-state index contributed by atoms with van der Waals surface area (Å²) in [6.07, 6.45) is -2.56. The van der Waals surface area contributed by atoms with Crippen LogP contribution in [0.5, 0.6) is 0 Å². The van der Waals surface area contributed by atoms with Crippen molar-refractivity contribution in [3.05, 3.63) is 64.6 Å². The number of halogens is 3. The van der Waals surface area contributed by atoms with Crippen LogP contribution in [0.1, 0.15) is 18.4 Å². The van der Waals surface area contributed by atoms with Crippen LogP contribution < -0.4 is 11.0 Å². The third-order valence-corrected chi connectivity index (χ3v) is 4.15. The molecule has 0 bridgehead atoms. The number of nitrogens with one attached hydrogen (secondary N) is 1. The van der Waals surface area contributed by atoms with Gasteiger partial charge in [-0.2, -0.15) is 18.2 Å². The van der Waals surface area contributed by atoms with Crippen LogP contribution in [0.4, 0.5) is 19.0 Å². The maximum absolute atomic E-state index is 13.2. The Labute approximate surface area is 140 Å². The first kappa shape index (κ1) is 15.7. The highest BCUT2D eigenvalue weighted by molar-refractivity contribution is 5.91. The monoisotopic (exact) mass is 345 g/mol. The molecular formula is C18H14F3N3O. The molecule has 0 radical (unpaired) electrons. The van der Waals surface area contributed by atoms with E-state index in [0.29, 0.717) is 16.9 Å². The van der Waals surface area contributed by atoms with Gasteiger partial charge in [0.1, 0.15) is 5.82 Å². The summed E-state index contributed by atoms with van der Waals surface area (Å²) in [5, 5.41) is 3.62. The van der Waals surface area contributed by atoms with Crippen molar-refractivity contribution in [2.75, 3.05) is 5.32 Å². The first-order valence-corrected chi connectivity index (χ1v) is 7.89. The lowest BCUT2D eigenvalue weighted by Crippen LogP contribution is -2.24. The molecule has 4 nitrogen and oxygen atoms in total. The minimum Gasteiger partial charge on any atom is -0.367 e. The molecule has 0 unspecified atom stereocenters.